The molecule has 1 aromatic heterocycles. The Morgan fingerprint density at radius 3 is 2.61 bits per heavy atom. The van der Waals surface area contributed by atoms with Crippen LogP contribution in [0.15, 0.2) is 16.7 Å². The van der Waals surface area contributed by atoms with Crippen LogP contribution in [0.4, 0.5) is 0 Å². The van der Waals surface area contributed by atoms with Crippen LogP contribution in [-0.4, -0.2) is 25.0 Å². The SMILES string of the molecule is Cc1occc1CN(C)CCCC(C)(C)CCN. The van der Waals surface area contributed by atoms with Crippen molar-refractivity contribution in [1.29, 1.82) is 0 Å². The second-order valence-electron chi connectivity index (χ2n) is 6.05. The normalized spacial score (nSPS) is 12.3. The molecule has 18 heavy (non-hydrogen) atoms. The third-order valence-corrected chi connectivity index (χ3v) is 3.62. The van der Waals surface area contributed by atoms with Crippen LogP contribution in [0.3, 0.4) is 0 Å². The van der Waals surface area contributed by atoms with Gasteiger partial charge in [0.1, 0.15) is 5.76 Å². The highest BCUT2D eigenvalue weighted by Crippen LogP contribution is 2.26. The summed E-state index contributed by atoms with van der Waals surface area (Å²) in [6, 6.07) is 2.06. The number of rotatable bonds is 8. The van der Waals surface area contributed by atoms with E-state index in [-0.39, 0.29) is 0 Å². The highest BCUT2D eigenvalue weighted by Gasteiger charge is 2.16. The molecule has 3 nitrogen and oxygen atoms in total. The average Bonchev–Trinajstić information content (AvgIpc) is 2.64. The van der Waals surface area contributed by atoms with Gasteiger partial charge in [-0.05, 0) is 57.8 Å². The number of furan rings is 1. The molecule has 0 aliphatic heterocycles. The van der Waals surface area contributed by atoms with E-state index in [2.05, 4.69) is 31.9 Å². The summed E-state index contributed by atoms with van der Waals surface area (Å²) in [4.78, 5) is 2.36. The Bertz CT molecular complexity index is 344. The van der Waals surface area contributed by atoms with E-state index in [4.69, 9.17) is 10.2 Å². The van der Waals surface area contributed by atoms with E-state index in [1.165, 1.54) is 18.4 Å². The summed E-state index contributed by atoms with van der Waals surface area (Å²) < 4.78 is 5.32. The van der Waals surface area contributed by atoms with Gasteiger partial charge in [0.15, 0.2) is 0 Å². The van der Waals surface area contributed by atoms with Crippen LogP contribution in [0, 0.1) is 12.3 Å². The Balaban J connectivity index is 2.25. The summed E-state index contributed by atoms with van der Waals surface area (Å²) in [6.45, 7) is 9.52. The minimum Gasteiger partial charge on any atom is -0.469 e. The van der Waals surface area contributed by atoms with Gasteiger partial charge in [0, 0.05) is 12.1 Å². The van der Waals surface area contributed by atoms with E-state index in [1.807, 2.05) is 6.92 Å². The number of nitrogens with zero attached hydrogens (tertiary/aromatic N) is 1. The standard InChI is InChI=1S/C15H28N2O/c1-13-14(6-11-18-13)12-17(4)10-5-7-15(2,3)8-9-16/h6,11H,5,7-10,12,16H2,1-4H3. The maximum absolute atomic E-state index is 5.63. The fourth-order valence-electron chi connectivity index (χ4n) is 2.29. The first-order valence-corrected chi connectivity index (χ1v) is 6.86. The lowest BCUT2D eigenvalue weighted by Gasteiger charge is -2.25. The minimum absolute atomic E-state index is 0.376. The van der Waals surface area contributed by atoms with E-state index in [0.29, 0.717) is 5.41 Å². The summed E-state index contributed by atoms with van der Waals surface area (Å²) in [6.07, 6.45) is 5.33. The molecule has 0 saturated heterocycles. The van der Waals surface area contributed by atoms with Crippen molar-refractivity contribution in [1.82, 2.24) is 4.90 Å². The van der Waals surface area contributed by atoms with Gasteiger partial charge >= 0.3 is 0 Å². The van der Waals surface area contributed by atoms with E-state index in [9.17, 15) is 0 Å². The zero-order valence-electron chi connectivity index (χ0n) is 12.3. The van der Waals surface area contributed by atoms with Crippen LogP contribution < -0.4 is 5.73 Å². The van der Waals surface area contributed by atoms with Crippen molar-refractivity contribution in [2.75, 3.05) is 20.1 Å². The summed E-state index contributed by atoms with van der Waals surface area (Å²) in [5.41, 5.74) is 7.30. The number of nitrogens with two attached hydrogens (primary N) is 1. The molecule has 1 heterocycles. The molecular weight excluding hydrogens is 224 g/mol. The number of hydrogen-bond acceptors (Lipinski definition) is 3. The fourth-order valence-corrected chi connectivity index (χ4v) is 2.29. The molecule has 1 aromatic rings. The van der Waals surface area contributed by atoms with E-state index in [0.717, 1.165) is 31.8 Å². The van der Waals surface area contributed by atoms with Crippen molar-refractivity contribution in [3.8, 4) is 0 Å². The highest BCUT2D eigenvalue weighted by atomic mass is 16.3. The van der Waals surface area contributed by atoms with E-state index < -0.39 is 0 Å². The van der Waals surface area contributed by atoms with Crippen LogP contribution in [0.2, 0.25) is 0 Å². The molecule has 0 aliphatic rings. The molecule has 0 amide bonds. The van der Waals surface area contributed by atoms with E-state index in [1.54, 1.807) is 6.26 Å². The average molecular weight is 252 g/mol. The third-order valence-electron chi connectivity index (χ3n) is 3.62. The smallest absolute Gasteiger partial charge is 0.105 e. The van der Waals surface area contributed by atoms with Crippen molar-refractivity contribution in [2.24, 2.45) is 11.1 Å². The lowest BCUT2D eigenvalue weighted by atomic mass is 9.84. The summed E-state index contributed by atoms with van der Waals surface area (Å²) >= 11 is 0. The molecule has 0 saturated carbocycles. The maximum Gasteiger partial charge on any atom is 0.105 e. The van der Waals surface area contributed by atoms with Gasteiger partial charge in [0.05, 0.1) is 6.26 Å². The van der Waals surface area contributed by atoms with Gasteiger partial charge in [-0.3, -0.25) is 0 Å². The molecule has 0 bridgehead atoms. The molecule has 0 aromatic carbocycles. The van der Waals surface area contributed by atoms with Crippen molar-refractivity contribution in [3.63, 3.8) is 0 Å². The van der Waals surface area contributed by atoms with Crippen LogP contribution >= 0.6 is 0 Å². The van der Waals surface area contributed by atoms with Gasteiger partial charge in [-0.1, -0.05) is 13.8 Å². The van der Waals surface area contributed by atoms with Gasteiger partial charge in [-0.2, -0.15) is 0 Å². The molecule has 0 radical (unpaired) electrons. The lowest BCUT2D eigenvalue weighted by Crippen LogP contribution is -2.22. The van der Waals surface area contributed by atoms with Gasteiger partial charge in [-0.15, -0.1) is 0 Å². The van der Waals surface area contributed by atoms with Crippen molar-refractivity contribution >= 4 is 0 Å². The first-order chi connectivity index (χ1) is 8.44. The van der Waals surface area contributed by atoms with Crippen molar-refractivity contribution in [2.45, 2.75) is 46.6 Å². The van der Waals surface area contributed by atoms with Gasteiger partial charge in [0.25, 0.3) is 0 Å². The molecule has 2 N–H and O–H groups in total. The van der Waals surface area contributed by atoms with Crippen LogP contribution in [0.25, 0.3) is 0 Å². The predicted molar refractivity (Wildman–Crippen MR) is 76.5 cm³/mol. The monoisotopic (exact) mass is 252 g/mol. The van der Waals surface area contributed by atoms with Crippen LogP contribution in [-0.2, 0) is 6.54 Å². The Kier molecular flexibility index (Phi) is 5.89. The Hall–Kier alpha value is -0.800. The first kappa shape index (κ1) is 15.3. The topological polar surface area (TPSA) is 42.4 Å². The zero-order valence-corrected chi connectivity index (χ0v) is 12.3. The summed E-state index contributed by atoms with van der Waals surface area (Å²) in [7, 11) is 2.17. The third kappa shape index (κ3) is 5.23. The number of aryl methyl sites for hydroxylation is 1. The molecule has 0 unspecified atom stereocenters. The largest absolute Gasteiger partial charge is 0.469 e. The molecule has 0 atom stereocenters. The quantitative estimate of drug-likeness (QED) is 0.772. The summed E-state index contributed by atoms with van der Waals surface area (Å²) in [5, 5.41) is 0. The number of hydrogen-bond donors (Lipinski definition) is 1. The molecular formula is C15H28N2O. The van der Waals surface area contributed by atoms with Gasteiger partial charge in [-0.25, -0.2) is 0 Å². The second kappa shape index (κ2) is 6.95. The van der Waals surface area contributed by atoms with Crippen molar-refractivity contribution in [3.05, 3.63) is 23.7 Å². The Morgan fingerprint density at radius 1 is 1.33 bits per heavy atom. The molecule has 3 heteroatoms. The first-order valence-electron chi connectivity index (χ1n) is 6.86. The fraction of sp³-hybridized carbons (Fsp3) is 0.733. The molecule has 0 spiro atoms. The minimum atomic E-state index is 0.376. The maximum atomic E-state index is 5.63. The molecule has 0 fully saturated rings. The van der Waals surface area contributed by atoms with Crippen molar-refractivity contribution < 1.29 is 4.42 Å². The van der Waals surface area contributed by atoms with Crippen LogP contribution in [0.5, 0.6) is 0 Å². The van der Waals surface area contributed by atoms with Crippen LogP contribution in [0.1, 0.15) is 44.4 Å². The van der Waals surface area contributed by atoms with Gasteiger partial charge < -0.3 is 15.1 Å². The molecule has 104 valence electrons. The highest BCUT2D eigenvalue weighted by molar-refractivity contribution is 5.14. The predicted octanol–water partition coefficient (Wildman–Crippen LogP) is 3.18. The Morgan fingerprint density at radius 2 is 2.06 bits per heavy atom. The summed E-state index contributed by atoms with van der Waals surface area (Å²) in [5.74, 6) is 1.03. The van der Waals surface area contributed by atoms with Gasteiger partial charge in [0.2, 0.25) is 0 Å². The van der Waals surface area contributed by atoms with E-state index >= 15 is 0 Å². The Labute approximate surface area is 111 Å². The molecule has 0 aliphatic carbocycles. The lowest BCUT2D eigenvalue weighted by molar-refractivity contribution is 0.258. The molecule has 1 rings (SSSR count). The second-order valence-corrected chi connectivity index (χ2v) is 6.05. The zero-order chi connectivity index (χ0) is 13.6.